The fraction of sp³-hybridized carbons (Fsp3) is 0.190. The van der Waals surface area contributed by atoms with Gasteiger partial charge in [-0.25, -0.2) is 4.98 Å². The highest BCUT2D eigenvalue weighted by Crippen LogP contribution is 2.36. The molecule has 1 aliphatic heterocycles. The summed E-state index contributed by atoms with van der Waals surface area (Å²) in [6, 6.07) is 11.5. The Morgan fingerprint density at radius 3 is 3.00 bits per heavy atom. The minimum atomic E-state index is -0.0611. The van der Waals surface area contributed by atoms with E-state index in [4.69, 9.17) is 20.8 Å². The van der Waals surface area contributed by atoms with E-state index in [9.17, 15) is 4.79 Å². The molecule has 30 heavy (non-hydrogen) atoms. The van der Waals surface area contributed by atoms with Crippen molar-refractivity contribution in [2.24, 2.45) is 0 Å². The van der Waals surface area contributed by atoms with Gasteiger partial charge in [0.1, 0.15) is 11.3 Å². The number of rotatable bonds is 4. The summed E-state index contributed by atoms with van der Waals surface area (Å²) in [6.07, 6.45) is 0.738. The highest BCUT2D eigenvalue weighted by Gasteiger charge is 2.23. The lowest BCUT2D eigenvalue weighted by atomic mass is 9.97. The summed E-state index contributed by atoms with van der Waals surface area (Å²) in [5, 5.41) is 9.32. The number of anilines is 2. The molecule has 1 unspecified atom stereocenters. The van der Waals surface area contributed by atoms with Gasteiger partial charge < -0.3 is 14.5 Å². The second-order valence-corrected chi connectivity index (χ2v) is 8.23. The molecule has 0 saturated carbocycles. The van der Waals surface area contributed by atoms with Crippen LogP contribution in [0.3, 0.4) is 0 Å². The zero-order valence-corrected chi connectivity index (χ0v) is 17.5. The van der Waals surface area contributed by atoms with E-state index < -0.39 is 0 Å². The smallest absolute Gasteiger partial charge is 0.302 e. The topological polar surface area (TPSA) is 89.3 Å². The maximum Gasteiger partial charge on any atom is 0.302 e. The molecule has 1 amide bonds. The lowest BCUT2D eigenvalue weighted by molar-refractivity contribution is -0.119. The molecule has 0 bridgehead atoms. The molecule has 5 rings (SSSR count). The SMILES string of the molecule is CC(=O)NC1CCOc2ccc(-c3csc(Nc4nc5cc(Cl)ccc5o4)n3)cc21. The zero-order chi connectivity index (χ0) is 20.7. The van der Waals surface area contributed by atoms with Crippen LogP contribution in [0.2, 0.25) is 5.02 Å². The van der Waals surface area contributed by atoms with Crippen LogP contribution in [-0.2, 0) is 4.79 Å². The number of nitrogens with one attached hydrogen (secondary N) is 2. The van der Waals surface area contributed by atoms with E-state index in [0.717, 1.165) is 29.0 Å². The van der Waals surface area contributed by atoms with Crippen LogP contribution in [0, 0.1) is 0 Å². The standard InChI is InChI=1S/C21H17ClN4O3S/c1-11(27)23-15-6-7-28-18-4-2-12(8-14(15)18)17-10-30-21(25-17)26-20-24-16-9-13(22)3-5-19(16)29-20/h2-5,8-10,15H,6-7H2,1H3,(H,23,27)(H,24,25,26). The fourth-order valence-electron chi connectivity index (χ4n) is 3.46. The second-order valence-electron chi connectivity index (χ2n) is 6.94. The molecule has 2 N–H and O–H groups in total. The number of thiazole rings is 1. The minimum absolute atomic E-state index is 0.0574. The van der Waals surface area contributed by atoms with Crippen LogP contribution in [-0.4, -0.2) is 22.5 Å². The molecule has 0 saturated heterocycles. The maximum absolute atomic E-state index is 11.5. The van der Waals surface area contributed by atoms with E-state index >= 15 is 0 Å². The number of aromatic nitrogens is 2. The number of carbonyl (C=O) groups is 1. The van der Waals surface area contributed by atoms with Crippen LogP contribution < -0.4 is 15.4 Å². The largest absolute Gasteiger partial charge is 0.493 e. The quantitative estimate of drug-likeness (QED) is 0.447. The van der Waals surface area contributed by atoms with Crippen molar-refractivity contribution in [2.45, 2.75) is 19.4 Å². The molecule has 2 aromatic carbocycles. The maximum atomic E-state index is 11.5. The third kappa shape index (κ3) is 3.71. The molecule has 7 nitrogen and oxygen atoms in total. The van der Waals surface area contributed by atoms with Crippen molar-refractivity contribution in [3.63, 3.8) is 0 Å². The Morgan fingerprint density at radius 2 is 2.13 bits per heavy atom. The molecule has 9 heteroatoms. The number of nitrogens with zero attached hydrogens (tertiary/aromatic N) is 2. The Hall–Kier alpha value is -3.10. The van der Waals surface area contributed by atoms with Gasteiger partial charge in [-0.3, -0.25) is 10.1 Å². The van der Waals surface area contributed by atoms with Crippen molar-refractivity contribution >= 4 is 51.1 Å². The number of carbonyl (C=O) groups excluding carboxylic acids is 1. The molecule has 0 fully saturated rings. The highest BCUT2D eigenvalue weighted by atomic mass is 35.5. The van der Waals surface area contributed by atoms with Gasteiger partial charge in [-0.15, -0.1) is 11.3 Å². The van der Waals surface area contributed by atoms with Gasteiger partial charge in [0.25, 0.3) is 0 Å². The Morgan fingerprint density at radius 1 is 1.23 bits per heavy atom. The van der Waals surface area contributed by atoms with Gasteiger partial charge in [-0.05, 0) is 36.4 Å². The first-order chi connectivity index (χ1) is 14.5. The number of hydrogen-bond acceptors (Lipinski definition) is 7. The van der Waals surface area contributed by atoms with Crippen LogP contribution in [0.1, 0.15) is 24.9 Å². The highest BCUT2D eigenvalue weighted by molar-refractivity contribution is 7.14. The van der Waals surface area contributed by atoms with Crippen LogP contribution in [0.4, 0.5) is 11.1 Å². The van der Waals surface area contributed by atoms with E-state index in [1.54, 1.807) is 18.2 Å². The second kappa shape index (κ2) is 7.62. The molecule has 152 valence electrons. The first-order valence-electron chi connectivity index (χ1n) is 9.38. The van der Waals surface area contributed by atoms with Gasteiger partial charge in [0, 0.05) is 34.9 Å². The molecule has 2 aromatic heterocycles. The third-order valence-corrected chi connectivity index (χ3v) is 5.78. The summed E-state index contributed by atoms with van der Waals surface area (Å²) < 4.78 is 11.4. The van der Waals surface area contributed by atoms with Gasteiger partial charge in [0.05, 0.1) is 18.3 Å². The molecule has 4 aromatic rings. The van der Waals surface area contributed by atoms with Gasteiger partial charge in [0.15, 0.2) is 10.7 Å². The summed E-state index contributed by atoms with van der Waals surface area (Å²) in [7, 11) is 0. The molecule has 1 atom stereocenters. The normalized spacial score (nSPS) is 15.5. The lowest BCUT2D eigenvalue weighted by Gasteiger charge is -2.26. The van der Waals surface area contributed by atoms with E-state index in [1.165, 1.54) is 18.3 Å². The summed E-state index contributed by atoms with van der Waals surface area (Å²) in [5.74, 6) is 0.737. The van der Waals surface area contributed by atoms with Gasteiger partial charge in [0.2, 0.25) is 5.91 Å². The molecule has 0 radical (unpaired) electrons. The summed E-state index contributed by atoms with van der Waals surface area (Å²) in [4.78, 5) is 20.6. The van der Waals surface area contributed by atoms with Crippen LogP contribution in [0.15, 0.2) is 46.2 Å². The first-order valence-corrected chi connectivity index (χ1v) is 10.6. The molecule has 0 spiro atoms. The van der Waals surface area contributed by atoms with Gasteiger partial charge >= 0.3 is 6.01 Å². The van der Waals surface area contributed by atoms with Crippen molar-refractivity contribution in [3.05, 3.63) is 52.4 Å². The molecule has 1 aliphatic rings. The van der Waals surface area contributed by atoms with Crippen molar-refractivity contribution in [1.82, 2.24) is 15.3 Å². The van der Waals surface area contributed by atoms with Crippen molar-refractivity contribution in [3.8, 4) is 17.0 Å². The Kier molecular flexibility index (Phi) is 4.80. The third-order valence-electron chi connectivity index (χ3n) is 4.79. The number of fused-ring (bicyclic) bond motifs is 2. The minimum Gasteiger partial charge on any atom is -0.493 e. The Labute approximate surface area is 181 Å². The Balaban J connectivity index is 1.40. The van der Waals surface area contributed by atoms with E-state index in [2.05, 4.69) is 20.6 Å². The van der Waals surface area contributed by atoms with Crippen molar-refractivity contribution in [2.75, 3.05) is 11.9 Å². The van der Waals surface area contributed by atoms with Crippen LogP contribution in [0.25, 0.3) is 22.4 Å². The molecular formula is C21H17ClN4O3S. The lowest BCUT2D eigenvalue weighted by Crippen LogP contribution is -2.30. The number of halogens is 1. The summed E-state index contributed by atoms with van der Waals surface area (Å²) in [5.41, 5.74) is 4.06. The fourth-order valence-corrected chi connectivity index (χ4v) is 4.33. The number of benzene rings is 2. The first kappa shape index (κ1) is 18.9. The van der Waals surface area contributed by atoms with E-state index in [1.807, 2.05) is 23.6 Å². The van der Waals surface area contributed by atoms with Crippen LogP contribution in [0.5, 0.6) is 5.75 Å². The molecular weight excluding hydrogens is 424 g/mol. The number of ether oxygens (including phenoxy) is 1. The number of oxazole rings is 1. The summed E-state index contributed by atoms with van der Waals surface area (Å²) >= 11 is 7.46. The molecule has 0 aliphatic carbocycles. The zero-order valence-electron chi connectivity index (χ0n) is 15.9. The van der Waals surface area contributed by atoms with E-state index in [-0.39, 0.29) is 11.9 Å². The van der Waals surface area contributed by atoms with Crippen LogP contribution >= 0.6 is 22.9 Å². The predicted octanol–water partition coefficient (Wildman–Crippen LogP) is 5.31. The van der Waals surface area contributed by atoms with E-state index in [0.29, 0.717) is 33.9 Å². The van der Waals surface area contributed by atoms with Crippen molar-refractivity contribution in [1.29, 1.82) is 0 Å². The van der Waals surface area contributed by atoms with Crippen molar-refractivity contribution < 1.29 is 13.9 Å². The van der Waals surface area contributed by atoms with Gasteiger partial charge in [-0.1, -0.05) is 11.6 Å². The monoisotopic (exact) mass is 440 g/mol. The Bertz CT molecular complexity index is 1250. The van der Waals surface area contributed by atoms with Gasteiger partial charge in [-0.2, -0.15) is 4.98 Å². The molecule has 3 heterocycles. The predicted molar refractivity (Wildman–Crippen MR) is 117 cm³/mol. The number of amides is 1. The summed E-state index contributed by atoms with van der Waals surface area (Å²) in [6.45, 7) is 2.11. The number of hydrogen-bond donors (Lipinski definition) is 2. The average molecular weight is 441 g/mol. The average Bonchev–Trinajstić information content (AvgIpc) is 3.34.